The summed E-state index contributed by atoms with van der Waals surface area (Å²) in [5.41, 5.74) is -2.39. The van der Waals surface area contributed by atoms with Crippen molar-refractivity contribution in [2.75, 3.05) is 0 Å². The number of H-pyrrole nitrogens is 1. The fourth-order valence-electron chi connectivity index (χ4n) is 7.79. The molecule has 0 amide bonds. The van der Waals surface area contributed by atoms with Crippen molar-refractivity contribution in [3.05, 3.63) is 46.9 Å². The van der Waals surface area contributed by atoms with Gasteiger partial charge in [-0.05, 0) is 55.1 Å². The van der Waals surface area contributed by atoms with Crippen LogP contribution >= 0.6 is 0 Å². The first-order valence-electron chi connectivity index (χ1n) is 12.9. The Hall–Kier alpha value is -2.87. The molecule has 0 saturated heterocycles. The first-order chi connectivity index (χ1) is 17.0. The minimum absolute atomic E-state index is 0.0963. The van der Waals surface area contributed by atoms with Crippen molar-refractivity contribution in [2.24, 2.45) is 34.0 Å². The van der Waals surface area contributed by atoms with Crippen molar-refractivity contribution in [1.29, 1.82) is 0 Å². The van der Waals surface area contributed by atoms with Crippen LogP contribution in [-0.4, -0.2) is 44.2 Å². The predicted molar refractivity (Wildman–Crippen MR) is 134 cm³/mol. The summed E-state index contributed by atoms with van der Waals surface area (Å²) in [5.74, 6) is -1.01. The van der Waals surface area contributed by atoms with Gasteiger partial charge in [0.2, 0.25) is 11.1 Å². The Balaban J connectivity index is 1.63. The lowest BCUT2D eigenvalue weighted by atomic mass is 9.44. The van der Waals surface area contributed by atoms with Crippen LogP contribution in [0.25, 0.3) is 11.0 Å². The van der Waals surface area contributed by atoms with Crippen molar-refractivity contribution in [3.63, 3.8) is 0 Å². The van der Waals surface area contributed by atoms with E-state index in [1.165, 1.54) is 6.20 Å². The molecule has 2 unspecified atom stereocenters. The van der Waals surface area contributed by atoms with Crippen LogP contribution in [0.4, 0.5) is 0 Å². The monoisotopic (exact) mass is 493 g/mol. The number of pyridine rings is 1. The van der Waals surface area contributed by atoms with Gasteiger partial charge < -0.3 is 9.84 Å². The molecule has 3 saturated carbocycles. The molecule has 3 aliphatic rings. The summed E-state index contributed by atoms with van der Waals surface area (Å²) in [6.07, 6.45) is 5.02. The molecule has 2 heterocycles. The van der Waals surface area contributed by atoms with Crippen LogP contribution in [0.5, 0.6) is 0 Å². The van der Waals surface area contributed by atoms with Crippen LogP contribution in [0.3, 0.4) is 0 Å². The molecule has 2 N–H and O–H groups in total. The number of aromatic amines is 1. The average molecular weight is 494 g/mol. The predicted octanol–water partition coefficient (Wildman–Crippen LogP) is 3.84. The highest BCUT2D eigenvalue weighted by atomic mass is 16.5. The van der Waals surface area contributed by atoms with Crippen molar-refractivity contribution in [1.82, 2.24) is 15.2 Å². The average Bonchev–Trinajstić information content (AvgIpc) is 3.23. The van der Waals surface area contributed by atoms with Gasteiger partial charge in [0, 0.05) is 29.4 Å². The van der Waals surface area contributed by atoms with Crippen molar-refractivity contribution >= 4 is 22.8 Å². The zero-order valence-corrected chi connectivity index (χ0v) is 21.4. The fraction of sp³-hybridized carbons (Fsp3) is 0.607. The number of Topliss-reactive ketones (excluding diaryl/α,β-unsaturated/α-hetero) is 1. The molecule has 2 bridgehead atoms. The van der Waals surface area contributed by atoms with Gasteiger partial charge in [-0.2, -0.15) is 5.10 Å². The minimum atomic E-state index is -0.837. The van der Waals surface area contributed by atoms with Crippen LogP contribution < -0.4 is 5.43 Å². The lowest BCUT2D eigenvalue weighted by Gasteiger charge is -2.61. The van der Waals surface area contributed by atoms with E-state index in [1.54, 1.807) is 18.2 Å². The molecule has 8 atom stereocenters. The van der Waals surface area contributed by atoms with Gasteiger partial charge in [-0.1, -0.05) is 33.8 Å². The highest BCUT2D eigenvalue weighted by Crippen LogP contribution is 2.68. The third-order valence-corrected chi connectivity index (χ3v) is 10.3. The van der Waals surface area contributed by atoms with E-state index in [0.29, 0.717) is 12.8 Å². The number of carbonyl (C=O) groups is 2. The number of nitrogens with one attached hydrogen (secondary N) is 1. The SMILES string of the molecule is C=C[C@]1(C)C[C@@H](OC(=O)c2n[nH]c3ncccc3c2=O)[C@@]2(C)C3C(=O)CCC3(CC[C@H]2C)[C@@H](C)[C@@H]1O. The van der Waals surface area contributed by atoms with E-state index in [9.17, 15) is 19.5 Å². The van der Waals surface area contributed by atoms with E-state index in [0.717, 1.165) is 19.3 Å². The Morgan fingerprint density at radius 3 is 2.75 bits per heavy atom. The maximum absolute atomic E-state index is 13.5. The Labute approximate surface area is 210 Å². The second-order valence-electron chi connectivity index (χ2n) is 11.8. The number of ketones is 1. The lowest BCUT2D eigenvalue weighted by Crippen LogP contribution is -2.63. The maximum atomic E-state index is 13.5. The molecule has 0 aliphatic heterocycles. The highest BCUT2D eigenvalue weighted by Gasteiger charge is 2.68. The summed E-state index contributed by atoms with van der Waals surface area (Å²) in [6.45, 7) is 12.2. The van der Waals surface area contributed by atoms with Gasteiger partial charge in [-0.3, -0.25) is 14.7 Å². The number of ether oxygens (including phenoxy) is 1. The summed E-state index contributed by atoms with van der Waals surface area (Å²) in [6, 6.07) is 3.20. The van der Waals surface area contributed by atoms with Gasteiger partial charge in [-0.15, -0.1) is 6.58 Å². The Morgan fingerprint density at radius 2 is 2.03 bits per heavy atom. The van der Waals surface area contributed by atoms with Crippen LogP contribution in [-0.2, 0) is 9.53 Å². The molecule has 8 heteroatoms. The lowest BCUT2D eigenvalue weighted by molar-refractivity contribution is -0.192. The van der Waals surface area contributed by atoms with E-state index in [2.05, 4.69) is 42.5 Å². The number of carbonyl (C=O) groups excluding carboxylic acids is 2. The molecule has 0 aromatic carbocycles. The summed E-state index contributed by atoms with van der Waals surface area (Å²) < 4.78 is 6.18. The maximum Gasteiger partial charge on any atom is 0.363 e. The van der Waals surface area contributed by atoms with Crippen LogP contribution in [0.2, 0.25) is 0 Å². The largest absolute Gasteiger partial charge is 0.457 e. The van der Waals surface area contributed by atoms with Gasteiger partial charge in [0.15, 0.2) is 5.65 Å². The Morgan fingerprint density at radius 1 is 1.28 bits per heavy atom. The first kappa shape index (κ1) is 24.8. The molecule has 192 valence electrons. The summed E-state index contributed by atoms with van der Waals surface area (Å²) in [7, 11) is 0. The van der Waals surface area contributed by atoms with E-state index in [4.69, 9.17) is 4.74 Å². The molecule has 2 aromatic heterocycles. The Bertz CT molecular complexity index is 1310. The van der Waals surface area contributed by atoms with Crippen molar-refractivity contribution in [2.45, 2.75) is 72.0 Å². The molecular weight excluding hydrogens is 458 g/mol. The minimum Gasteiger partial charge on any atom is -0.457 e. The number of esters is 1. The smallest absolute Gasteiger partial charge is 0.363 e. The second kappa shape index (κ2) is 8.33. The number of fused-ring (bicyclic) bond motifs is 1. The summed E-state index contributed by atoms with van der Waals surface area (Å²) in [4.78, 5) is 44.2. The van der Waals surface area contributed by atoms with Gasteiger partial charge in [0.05, 0.1) is 11.5 Å². The van der Waals surface area contributed by atoms with Crippen LogP contribution in [0.1, 0.15) is 70.3 Å². The standard InChI is InChI=1S/C28H35N3O5/c1-6-26(4)14-19(36-25(35)20-21(33)17-8-7-13-29-24(17)31-30-20)27(5)15(2)9-11-28(16(3)23(26)34)12-10-18(32)22(27)28/h6-8,13,15-16,19,22-23,34H,1,9-12,14H2,2-5H3,(H,29,31,33)/t15-,16+,19-,22?,23+,26-,27+,28?/m1/s1. The van der Waals surface area contributed by atoms with Crippen molar-refractivity contribution < 1.29 is 19.4 Å². The van der Waals surface area contributed by atoms with Crippen LogP contribution in [0.15, 0.2) is 35.8 Å². The van der Waals surface area contributed by atoms with E-state index >= 15 is 0 Å². The molecule has 3 fully saturated rings. The molecule has 2 aromatic rings. The number of aliphatic hydroxyl groups excluding tert-OH is 1. The van der Waals surface area contributed by atoms with Gasteiger partial charge in [0.1, 0.15) is 11.9 Å². The molecular formula is C28H35N3O5. The number of aliphatic hydroxyl groups is 1. The van der Waals surface area contributed by atoms with Crippen molar-refractivity contribution in [3.8, 4) is 0 Å². The molecule has 36 heavy (non-hydrogen) atoms. The fourth-order valence-corrected chi connectivity index (χ4v) is 7.79. The molecule has 0 spiro atoms. The number of aromatic nitrogens is 3. The molecule has 0 radical (unpaired) electrons. The molecule has 3 aliphatic carbocycles. The summed E-state index contributed by atoms with van der Waals surface area (Å²) >= 11 is 0. The number of hydrogen-bond donors (Lipinski definition) is 2. The normalized spacial score (nSPS) is 40.2. The number of nitrogens with zero attached hydrogens (tertiary/aromatic N) is 2. The third kappa shape index (κ3) is 3.26. The highest BCUT2D eigenvalue weighted by molar-refractivity contribution is 5.91. The van der Waals surface area contributed by atoms with Crippen LogP contribution in [0, 0.1) is 34.0 Å². The van der Waals surface area contributed by atoms with Gasteiger partial charge >= 0.3 is 5.97 Å². The van der Waals surface area contributed by atoms with Gasteiger partial charge in [0.25, 0.3) is 0 Å². The summed E-state index contributed by atoms with van der Waals surface area (Å²) in [5, 5.41) is 18.5. The quantitative estimate of drug-likeness (QED) is 0.492. The zero-order chi connectivity index (χ0) is 26.0. The van der Waals surface area contributed by atoms with E-state index in [-0.39, 0.29) is 45.7 Å². The number of rotatable bonds is 3. The van der Waals surface area contributed by atoms with E-state index in [1.807, 2.05) is 6.92 Å². The molecule has 5 rings (SSSR count). The van der Waals surface area contributed by atoms with Gasteiger partial charge in [-0.25, -0.2) is 9.78 Å². The third-order valence-electron chi connectivity index (χ3n) is 10.3. The zero-order valence-electron chi connectivity index (χ0n) is 21.4. The second-order valence-corrected chi connectivity index (χ2v) is 11.8. The molecule has 8 nitrogen and oxygen atoms in total. The Kier molecular flexibility index (Phi) is 5.74. The first-order valence-corrected chi connectivity index (χ1v) is 12.9. The number of hydrogen-bond acceptors (Lipinski definition) is 7. The van der Waals surface area contributed by atoms with E-state index < -0.39 is 34.4 Å². The topological polar surface area (TPSA) is 122 Å².